The SMILES string of the molecule is CCOCc1nc(Cl)cc(NC(CC)C(C)C)n1. The summed E-state index contributed by atoms with van der Waals surface area (Å²) in [5.74, 6) is 1.93. The lowest BCUT2D eigenvalue weighted by atomic mass is 10.0. The second kappa shape index (κ2) is 7.54. The van der Waals surface area contributed by atoms with E-state index in [0.29, 0.717) is 36.2 Å². The van der Waals surface area contributed by atoms with Crippen molar-refractivity contribution in [2.24, 2.45) is 5.92 Å². The third-order valence-electron chi connectivity index (χ3n) is 2.75. The van der Waals surface area contributed by atoms with Gasteiger partial charge in [0.2, 0.25) is 0 Å². The summed E-state index contributed by atoms with van der Waals surface area (Å²) >= 11 is 5.99. The van der Waals surface area contributed by atoms with Crippen LogP contribution in [-0.2, 0) is 11.3 Å². The Morgan fingerprint density at radius 1 is 1.33 bits per heavy atom. The molecule has 1 rings (SSSR count). The Balaban J connectivity index is 2.78. The summed E-state index contributed by atoms with van der Waals surface area (Å²) in [7, 11) is 0. The predicted molar refractivity (Wildman–Crippen MR) is 74.9 cm³/mol. The van der Waals surface area contributed by atoms with E-state index in [2.05, 4.69) is 36.1 Å². The Hall–Kier alpha value is -0.870. The minimum Gasteiger partial charge on any atom is -0.374 e. The molecule has 102 valence electrons. The number of ether oxygens (including phenoxy) is 1. The zero-order valence-corrected chi connectivity index (χ0v) is 12.3. The molecule has 0 saturated heterocycles. The number of aromatic nitrogens is 2. The number of halogens is 1. The molecule has 1 heterocycles. The first-order valence-corrected chi connectivity index (χ1v) is 6.82. The van der Waals surface area contributed by atoms with Crippen LogP contribution in [-0.4, -0.2) is 22.6 Å². The maximum Gasteiger partial charge on any atom is 0.158 e. The van der Waals surface area contributed by atoms with Crippen LogP contribution in [0.2, 0.25) is 5.15 Å². The standard InChI is InChI=1S/C13H22ClN3O/c1-5-10(9(3)4)15-12-7-11(14)16-13(17-12)8-18-6-2/h7,9-10H,5-6,8H2,1-4H3,(H,15,16,17). The van der Waals surface area contributed by atoms with Crippen LogP contribution in [0.5, 0.6) is 0 Å². The number of hydrogen-bond donors (Lipinski definition) is 1. The molecule has 5 heteroatoms. The van der Waals surface area contributed by atoms with Crippen LogP contribution in [0.1, 0.15) is 39.9 Å². The average molecular weight is 272 g/mol. The lowest BCUT2D eigenvalue weighted by molar-refractivity contribution is 0.128. The average Bonchev–Trinajstić information content (AvgIpc) is 2.32. The van der Waals surface area contributed by atoms with E-state index in [9.17, 15) is 0 Å². The lowest BCUT2D eigenvalue weighted by Gasteiger charge is -2.21. The quantitative estimate of drug-likeness (QED) is 0.771. The van der Waals surface area contributed by atoms with Gasteiger partial charge in [-0.15, -0.1) is 0 Å². The fraction of sp³-hybridized carbons (Fsp3) is 0.692. The van der Waals surface area contributed by atoms with Crippen molar-refractivity contribution in [2.75, 3.05) is 11.9 Å². The van der Waals surface area contributed by atoms with Gasteiger partial charge in [-0.25, -0.2) is 9.97 Å². The molecule has 1 N–H and O–H groups in total. The molecule has 0 spiro atoms. The number of nitrogens with one attached hydrogen (secondary N) is 1. The zero-order chi connectivity index (χ0) is 13.5. The third kappa shape index (κ3) is 4.78. The molecule has 0 aliphatic rings. The highest BCUT2D eigenvalue weighted by Gasteiger charge is 2.12. The zero-order valence-electron chi connectivity index (χ0n) is 11.5. The second-order valence-corrected chi connectivity index (χ2v) is 4.92. The van der Waals surface area contributed by atoms with Crippen molar-refractivity contribution in [3.05, 3.63) is 17.0 Å². The first-order chi connectivity index (χ1) is 8.56. The Labute approximate surface area is 114 Å². The largest absolute Gasteiger partial charge is 0.374 e. The molecular formula is C13H22ClN3O. The normalized spacial score (nSPS) is 12.8. The van der Waals surface area contributed by atoms with Gasteiger partial charge in [-0.2, -0.15) is 0 Å². The summed E-state index contributed by atoms with van der Waals surface area (Å²) in [4.78, 5) is 8.55. The van der Waals surface area contributed by atoms with Gasteiger partial charge in [-0.3, -0.25) is 0 Å². The number of nitrogens with zero attached hydrogens (tertiary/aromatic N) is 2. The van der Waals surface area contributed by atoms with Crippen LogP contribution in [0.4, 0.5) is 5.82 Å². The van der Waals surface area contributed by atoms with E-state index < -0.39 is 0 Å². The highest BCUT2D eigenvalue weighted by atomic mass is 35.5. The summed E-state index contributed by atoms with van der Waals surface area (Å²) in [6.45, 7) is 9.50. The minimum absolute atomic E-state index is 0.385. The first-order valence-electron chi connectivity index (χ1n) is 6.44. The molecule has 0 bridgehead atoms. The van der Waals surface area contributed by atoms with Crippen molar-refractivity contribution in [3.63, 3.8) is 0 Å². The molecular weight excluding hydrogens is 250 g/mol. The van der Waals surface area contributed by atoms with Gasteiger partial charge in [-0.1, -0.05) is 32.4 Å². The molecule has 0 aliphatic carbocycles. The van der Waals surface area contributed by atoms with Gasteiger partial charge in [0.1, 0.15) is 17.6 Å². The van der Waals surface area contributed by atoms with Crippen molar-refractivity contribution < 1.29 is 4.74 Å². The molecule has 0 saturated carbocycles. The Morgan fingerprint density at radius 2 is 2.06 bits per heavy atom. The number of anilines is 1. The van der Waals surface area contributed by atoms with Gasteiger partial charge < -0.3 is 10.1 Å². The van der Waals surface area contributed by atoms with Crippen molar-refractivity contribution in [3.8, 4) is 0 Å². The molecule has 0 aromatic carbocycles. The Kier molecular flexibility index (Phi) is 6.36. The van der Waals surface area contributed by atoms with Crippen LogP contribution in [0.3, 0.4) is 0 Å². The predicted octanol–water partition coefficient (Wildman–Crippen LogP) is 3.51. The fourth-order valence-electron chi connectivity index (χ4n) is 1.73. The molecule has 1 aromatic rings. The highest BCUT2D eigenvalue weighted by molar-refractivity contribution is 6.29. The molecule has 1 aromatic heterocycles. The maximum absolute atomic E-state index is 5.99. The van der Waals surface area contributed by atoms with Gasteiger partial charge in [0.05, 0.1) is 0 Å². The van der Waals surface area contributed by atoms with E-state index in [1.165, 1.54) is 0 Å². The molecule has 18 heavy (non-hydrogen) atoms. The highest BCUT2D eigenvalue weighted by Crippen LogP contribution is 2.16. The van der Waals surface area contributed by atoms with Gasteiger partial charge in [-0.05, 0) is 19.3 Å². The molecule has 0 fully saturated rings. The molecule has 1 unspecified atom stereocenters. The smallest absolute Gasteiger partial charge is 0.158 e. The van der Waals surface area contributed by atoms with Gasteiger partial charge in [0.25, 0.3) is 0 Å². The van der Waals surface area contributed by atoms with E-state index in [1.807, 2.05) is 6.92 Å². The van der Waals surface area contributed by atoms with Crippen LogP contribution >= 0.6 is 11.6 Å². The summed E-state index contributed by atoms with van der Waals surface area (Å²) in [5, 5.41) is 3.84. The van der Waals surface area contributed by atoms with E-state index in [4.69, 9.17) is 16.3 Å². The minimum atomic E-state index is 0.385. The van der Waals surface area contributed by atoms with Crippen LogP contribution in [0.15, 0.2) is 6.07 Å². The topological polar surface area (TPSA) is 47.0 Å². The van der Waals surface area contributed by atoms with Gasteiger partial charge in [0.15, 0.2) is 5.82 Å². The van der Waals surface area contributed by atoms with Crippen LogP contribution in [0.25, 0.3) is 0 Å². The van der Waals surface area contributed by atoms with Crippen molar-refractivity contribution in [1.82, 2.24) is 9.97 Å². The summed E-state index contributed by atoms with van der Waals surface area (Å²) in [5.41, 5.74) is 0. The molecule has 1 atom stereocenters. The molecule has 0 amide bonds. The van der Waals surface area contributed by atoms with Crippen molar-refractivity contribution >= 4 is 17.4 Å². The first kappa shape index (κ1) is 15.2. The monoisotopic (exact) mass is 271 g/mol. The van der Waals surface area contributed by atoms with E-state index in [1.54, 1.807) is 6.07 Å². The van der Waals surface area contributed by atoms with Gasteiger partial charge in [0, 0.05) is 18.7 Å². The fourth-order valence-corrected chi connectivity index (χ4v) is 1.93. The van der Waals surface area contributed by atoms with Crippen molar-refractivity contribution in [1.29, 1.82) is 0 Å². The van der Waals surface area contributed by atoms with E-state index in [-0.39, 0.29) is 0 Å². The van der Waals surface area contributed by atoms with Crippen LogP contribution in [0, 0.1) is 5.92 Å². The Bertz CT molecular complexity index is 371. The van der Waals surface area contributed by atoms with Crippen molar-refractivity contribution in [2.45, 2.75) is 46.8 Å². The lowest BCUT2D eigenvalue weighted by Crippen LogP contribution is -2.25. The molecule has 0 aliphatic heterocycles. The molecule has 4 nitrogen and oxygen atoms in total. The summed E-state index contributed by atoms with van der Waals surface area (Å²) in [6.07, 6.45) is 1.04. The Morgan fingerprint density at radius 3 is 2.61 bits per heavy atom. The van der Waals surface area contributed by atoms with Crippen LogP contribution < -0.4 is 5.32 Å². The van der Waals surface area contributed by atoms with E-state index >= 15 is 0 Å². The summed E-state index contributed by atoms with van der Waals surface area (Å²) in [6, 6.07) is 2.14. The third-order valence-corrected chi connectivity index (χ3v) is 2.95. The number of rotatable bonds is 7. The second-order valence-electron chi connectivity index (χ2n) is 4.53. The van der Waals surface area contributed by atoms with E-state index in [0.717, 1.165) is 12.2 Å². The maximum atomic E-state index is 5.99. The number of hydrogen-bond acceptors (Lipinski definition) is 4. The summed E-state index contributed by atoms with van der Waals surface area (Å²) < 4.78 is 5.30. The molecule has 0 radical (unpaired) electrons. The van der Waals surface area contributed by atoms with Gasteiger partial charge >= 0.3 is 0 Å².